The van der Waals surface area contributed by atoms with Crippen LogP contribution in [0, 0.1) is 25.2 Å². The average Bonchev–Trinajstić information content (AvgIpc) is 2.98. The number of aryl methyl sites for hydroxylation is 2. The summed E-state index contributed by atoms with van der Waals surface area (Å²) < 4.78 is 1.94. The molecule has 3 rings (SSSR count). The Kier molecular flexibility index (Phi) is 4.05. The van der Waals surface area contributed by atoms with Gasteiger partial charge in [-0.2, -0.15) is 5.26 Å². The Hall–Kier alpha value is -3.12. The number of ketones is 1. The SMILES string of the molecule is CC(=O)c1ccc(-n2cc(C#N)c(-c3cccc(C)c3)c2)cc1C. The van der Waals surface area contributed by atoms with Crippen LogP contribution in [0.5, 0.6) is 0 Å². The van der Waals surface area contributed by atoms with Gasteiger partial charge >= 0.3 is 0 Å². The van der Waals surface area contributed by atoms with Gasteiger partial charge in [0.1, 0.15) is 6.07 Å². The molecule has 118 valence electrons. The molecular weight excluding hydrogens is 296 g/mol. The topological polar surface area (TPSA) is 45.8 Å². The Morgan fingerprint density at radius 2 is 1.88 bits per heavy atom. The third-order valence-electron chi connectivity index (χ3n) is 4.16. The van der Waals surface area contributed by atoms with Crippen LogP contribution in [0.2, 0.25) is 0 Å². The van der Waals surface area contributed by atoms with Gasteiger partial charge in [0.25, 0.3) is 0 Å². The quantitative estimate of drug-likeness (QED) is 0.650. The first-order valence-corrected chi connectivity index (χ1v) is 7.80. The summed E-state index contributed by atoms with van der Waals surface area (Å²) in [6.45, 7) is 5.54. The van der Waals surface area contributed by atoms with Crippen molar-refractivity contribution in [3.05, 3.63) is 77.1 Å². The summed E-state index contributed by atoms with van der Waals surface area (Å²) in [7, 11) is 0. The molecule has 1 heterocycles. The molecule has 0 aliphatic carbocycles. The van der Waals surface area contributed by atoms with E-state index in [1.54, 1.807) is 6.92 Å². The third-order valence-corrected chi connectivity index (χ3v) is 4.16. The third kappa shape index (κ3) is 2.87. The zero-order chi connectivity index (χ0) is 17.3. The fourth-order valence-corrected chi connectivity index (χ4v) is 2.94. The highest BCUT2D eigenvalue weighted by Crippen LogP contribution is 2.27. The standard InChI is InChI=1S/C21H18N2O/c1-14-5-4-6-17(9-14)21-13-23(12-18(21)11-22)19-7-8-20(16(3)24)15(2)10-19/h4-10,12-13H,1-3H3. The van der Waals surface area contributed by atoms with Crippen molar-refractivity contribution in [2.75, 3.05) is 0 Å². The number of hydrogen-bond acceptors (Lipinski definition) is 2. The Morgan fingerprint density at radius 3 is 2.50 bits per heavy atom. The van der Waals surface area contributed by atoms with Crippen molar-refractivity contribution in [2.45, 2.75) is 20.8 Å². The van der Waals surface area contributed by atoms with E-state index in [0.717, 1.165) is 33.5 Å². The van der Waals surface area contributed by atoms with E-state index < -0.39 is 0 Å². The van der Waals surface area contributed by atoms with Crippen LogP contribution in [0.3, 0.4) is 0 Å². The van der Waals surface area contributed by atoms with Crippen LogP contribution in [-0.4, -0.2) is 10.4 Å². The Morgan fingerprint density at radius 1 is 1.08 bits per heavy atom. The normalized spacial score (nSPS) is 10.4. The lowest BCUT2D eigenvalue weighted by atomic mass is 10.0. The minimum atomic E-state index is 0.0599. The van der Waals surface area contributed by atoms with Crippen LogP contribution < -0.4 is 0 Å². The fourth-order valence-electron chi connectivity index (χ4n) is 2.94. The van der Waals surface area contributed by atoms with Crippen molar-refractivity contribution >= 4 is 5.78 Å². The van der Waals surface area contributed by atoms with Crippen LogP contribution in [0.1, 0.15) is 34.0 Å². The van der Waals surface area contributed by atoms with Crippen molar-refractivity contribution in [2.24, 2.45) is 0 Å². The van der Waals surface area contributed by atoms with Crippen LogP contribution in [0.4, 0.5) is 0 Å². The van der Waals surface area contributed by atoms with Crippen LogP contribution >= 0.6 is 0 Å². The molecule has 0 aliphatic heterocycles. The van der Waals surface area contributed by atoms with E-state index in [1.165, 1.54) is 0 Å². The minimum Gasteiger partial charge on any atom is -0.322 e. The molecule has 0 aliphatic rings. The van der Waals surface area contributed by atoms with Crippen molar-refractivity contribution in [1.29, 1.82) is 5.26 Å². The second kappa shape index (κ2) is 6.17. The monoisotopic (exact) mass is 314 g/mol. The van der Waals surface area contributed by atoms with Crippen molar-refractivity contribution in [3.63, 3.8) is 0 Å². The molecule has 0 amide bonds. The summed E-state index contributed by atoms with van der Waals surface area (Å²) in [6.07, 6.45) is 3.80. The van der Waals surface area contributed by atoms with Gasteiger partial charge in [-0.15, -0.1) is 0 Å². The van der Waals surface area contributed by atoms with Gasteiger partial charge < -0.3 is 4.57 Å². The highest BCUT2D eigenvalue weighted by Gasteiger charge is 2.11. The molecule has 3 heteroatoms. The van der Waals surface area contributed by atoms with Gasteiger partial charge in [-0.1, -0.05) is 29.8 Å². The molecule has 0 atom stereocenters. The molecule has 0 radical (unpaired) electrons. The molecule has 0 saturated heterocycles. The Bertz CT molecular complexity index is 974. The maximum atomic E-state index is 11.6. The van der Waals surface area contributed by atoms with Crippen LogP contribution in [0.25, 0.3) is 16.8 Å². The number of benzene rings is 2. The summed E-state index contributed by atoms with van der Waals surface area (Å²) in [4.78, 5) is 11.6. The molecule has 24 heavy (non-hydrogen) atoms. The molecule has 0 fully saturated rings. The fraction of sp³-hybridized carbons (Fsp3) is 0.143. The molecule has 0 unspecified atom stereocenters. The molecule has 0 saturated carbocycles. The summed E-state index contributed by atoms with van der Waals surface area (Å²) in [6, 6.07) is 16.1. The molecule has 0 bridgehead atoms. The van der Waals surface area contributed by atoms with E-state index in [0.29, 0.717) is 5.56 Å². The van der Waals surface area contributed by atoms with E-state index in [9.17, 15) is 10.1 Å². The van der Waals surface area contributed by atoms with Gasteiger partial charge in [0.05, 0.1) is 5.56 Å². The summed E-state index contributed by atoms with van der Waals surface area (Å²) in [5, 5.41) is 9.47. The predicted molar refractivity (Wildman–Crippen MR) is 95.4 cm³/mol. The number of aromatic nitrogens is 1. The maximum absolute atomic E-state index is 11.6. The van der Waals surface area contributed by atoms with Crippen molar-refractivity contribution in [3.8, 4) is 22.9 Å². The zero-order valence-corrected chi connectivity index (χ0v) is 14.0. The summed E-state index contributed by atoms with van der Waals surface area (Å²) >= 11 is 0. The smallest absolute Gasteiger partial charge is 0.160 e. The van der Waals surface area contributed by atoms with Gasteiger partial charge in [0.2, 0.25) is 0 Å². The van der Waals surface area contributed by atoms with E-state index >= 15 is 0 Å². The van der Waals surface area contributed by atoms with E-state index in [-0.39, 0.29) is 5.78 Å². The Labute approximate surface area is 141 Å². The lowest BCUT2D eigenvalue weighted by molar-refractivity contribution is 0.101. The van der Waals surface area contributed by atoms with Gasteiger partial charge in [-0.3, -0.25) is 4.79 Å². The summed E-state index contributed by atoms with van der Waals surface area (Å²) in [5.74, 6) is 0.0599. The molecule has 0 N–H and O–H groups in total. The average molecular weight is 314 g/mol. The number of carbonyl (C=O) groups is 1. The van der Waals surface area contributed by atoms with E-state index in [1.807, 2.05) is 67.2 Å². The van der Waals surface area contributed by atoms with Gasteiger partial charge in [-0.25, -0.2) is 0 Å². The first-order valence-electron chi connectivity index (χ1n) is 7.80. The first kappa shape index (κ1) is 15.8. The number of carbonyl (C=O) groups excluding carboxylic acids is 1. The molecule has 3 nitrogen and oxygen atoms in total. The number of nitriles is 1. The van der Waals surface area contributed by atoms with Gasteiger partial charge in [0, 0.05) is 29.2 Å². The van der Waals surface area contributed by atoms with Crippen molar-refractivity contribution < 1.29 is 4.79 Å². The van der Waals surface area contributed by atoms with E-state index in [4.69, 9.17) is 0 Å². The van der Waals surface area contributed by atoms with Crippen LogP contribution in [-0.2, 0) is 0 Å². The van der Waals surface area contributed by atoms with Crippen LogP contribution in [0.15, 0.2) is 54.9 Å². The second-order valence-electron chi connectivity index (χ2n) is 6.03. The largest absolute Gasteiger partial charge is 0.322 e. The number of rotatable bonds is 3. The van der Waals surface area contributed by atoms with Gasteiger partial charge in [0.15, 0.2) is 5.78 Å². The highest BCUT2D eigenvalue weighted by molar-refractivity contribution is 5.95. The number of nitrogens with zero attached hydrogens (tertiary/aromatic N) is 2. The second-order valence-corrected chi connectivity index (χ2v) is 6.03. The van der Waals surface area contributed by atoms with Crippen molar-refractivity contribution in [1.82, 2.24) is 4.57 Å². The minimum absolute atomic E-state index is 0.0599. The molecule has 2 aromatic carbocycles. The summed E-state index contributed by atoms with van der Waals surface area (Å²) in [5.41, 5.74) is 6.33. The lowest BCUT2D eigenvalue weighted by Gasteiger charge is -2.07. The molecule has 3 aromatic rings. The number of hydrogen-bond donors (Lipinski definition) is 0. The number of Topliss-reactive ketones (excluding diaryl/α,β-unsaturated/α-hetero) is 1. The molecular formula is C21H18N2O. The highest BCUT2D eigenvalue weighted by atomic mass is 16.1. The maximum Gasteiger partial charge on any atom is 0.160 e. The molecule has 0 spiro atoms. The lowest BCUT2D eigenvalue weighted by Crippen LogP contribution is -1.98. The first-order chi connectivity index (χ1) is 11.5. The zero-order valence-electron chi connectivity index (χ0n) is 14.0. The predicted octanol–water partition coefficient (Wildman–Crippen LogP) is 4.84. The van der Waals surface area contributed by atoms with E-state index in [2.05, 4.69) is 12.1 Å². The Balaban J connectivity index is 2.10. The molecule has 1 aromatic heterocycles. The van der Waals surface area contributed by atoms with Gasteiger partial charge in [-0.05, 0) is 50.1 Å².